The summed E-state index contributed by atoms with van der Waals surface area (Å²) in [6.45, 7) is 1.42. The summed E-state index contributed by atoms with van der Waals surface area (Å²) >= 11 is 0. The number of rotatable bonds is 1. The van der Waals surface area contributed by atoms with Crippen molar-refractivity contribution in [2.75, 3.05) is 5.73 Å². The molecule has 0 radical (unpaired) electrons. The summed E-state index contributed by atoms with van der Waals surface area (Å²) in [6, 6.07) is 4.56. The number of nitrogen functional groups attached to an aromatic ring is 1. The van der Waals surface area contributed by atoms with Gasteiger partial charge in [0.25, 0.3) is 11.8 Å². The Balaban J connectivity index is 2.08. The summed E-state index contributed by atoms with van der Waals surface area (Å²) in [5, 5.41) is 0. The number of hydrogen-bond acceptors (Lipinski definition) is 6. The first kappa shape index (κ1) is 13.3. The summed E-state index contributed by atoms with van der Waals surface area (Å²) < 4.78 is 4.58. The molecule has 7 nitrogen and oxygen atoms in total. The van der Waals surface area contributed by atoms with Gasteiger partial charge in [-0.2, -0.15) is 0 Å². The Labute approximate surface area is 119 Å². The molecular formula is C14H12N2O5. The highest BCUT2D eigenvalue weighted by Gasteiger charge is 2.54. The Morgan fingerprint density at radius 2 is 1.90 bits per heavy atom. The van der Waals surface area contributed by atoms with E-state index in [4.69, 9.17) is 5.73 Å². The van der Waals surface area contributed by atoms with Crippen LogP contribution in [0.5, 0.6) is 0 Å². The van der Waals surface area contributed by atoms with E-state index in [1.165, 1.54) is 19.1 Å². The SMILES string of the molecule is CC1(N2C(=O)c3cccc(N)c3C2=O)CCC(=O)OC1=O. The minimum absolute atomic E-state index is 0.0366. The molecule has 108 valence electrons. The van der Waals surface area contributed by atoms with Gasteiger partial charge in [0.05, 0.1) is 11.1 Å². The predicted molar refractivity (Wildman–Crippen MR) is 70.1 cm³/mol. The van der Waals surface area contributed by atoms with Gasteiger partial charge in [0.15, 0.2) is 0 Å². The van der Waals surface area contributed by atoms with E-state index in [0.29, 0.717) is 0 Å². The van der Waals surface area contributed by atoms with E-state index in [2.05, 4.69) is 4.74 Å². The Morgan fingerprint density at radius 3 is 2.52 bits per heavy atom. The van der Waals surface area contributed by atoms with E-state index >= 15 is 0 Å². The first-order chi connectivity index (χ1) is 9.86. The van der Waals surface area contributed by atoms with Crippen LogP contribution in [0.4, 0.5) is 5.69 Å². The third kappa shape index (κ3) is 1.67. The molecule has 0 aliphatic carbocycles. The molecule has 2 amide bonds. The van der Waals surface area contributed by atoms with Crippen LogP contribution >= 0.6 is 0 Å². The van der Waals surface area contributed by atoms with E-state index < -0.39 is 29.3 Å². The molecule has 0 saturated carbocycles. The summed E-state index contributed by atoms with van der Waals surface area (Å²) in [5.74, 6) is -2.79. The van der Waals surface area contributed by atoms with Crippen molar-refractivity contribution < 1.29 is 23.9 Å². The summed E-state index contributed by atoms with van der Waals surface area (Å²) in [5.41, 5.74) is 4.68. The molecule has 2 heterocycles. The topological polar surface area (TPSA) is 107 Å². The largest absolute Gasteiger partial charge is 0.398 e. The standard InChI is InChI=1S/C14H12N2O5/c1-14(6-5-9(17)21-13(14)20)16-11(18)7-3-2-4-8(15)10(7)12(16)19/h2-4H,5-6,15H2,1H3. The number of benzene rings is 1. The van der Waals surface area contributed by atoms with Crippen LogP contribution in [-0.2, 0) is 14.3 Å². The van der Waals surface area contributed by atoms with E-state index in [1.54, 1.807) is 6.07 Å². The Bertz CT molecular complexity index is 711. The molecule has 0 bridgehead atoms. The maximum absolute atomic E-state index is 12.5. The molecular weight excluding hydrogens is 276 g/mol. The number of cyclic esters (lactones) is 2. The zero-order valence-corrected chi connectivity index (χ0v) is 11.2. The minimum Gasteiger partial charge on any atom is -0.398 e. The fourth-order valence-electron chi connectivity index (χ4n) is 2.67. The quantitative estimate of drug-likeness (QED) is 0.349. The molecule has 0 spiro atoms. The fourth-order valence-corrected chi connectivity index (χ4v) is 2.67. The summed E-state index contributed by atoms with van der Waals surface area (Å²) in [4.78, 5) is 49.0. The third-order valence-corrected chi connectivity index (χ3v) is 3.90. The number of ether oxygens (including phenoxy) is 1. The molecule has 0 aromatic heterocycles. The highest BCUT2D eigenvalue weighted by atomic mass is 16.6. The molecule has 1 fully saturated rings. The van der Waals surface area contributed by atoms with E-state index in [9.17, 15) is 19.2 Å². The van der Waals surface area contributed by atoms with Crippen molar-refractivity contribution in [1.82, 2.24) is 4.90 Å². The number of anilines is 1. The molecule has 2 aliphatic rings. The average Bonchev–Trinajstić information content (AvgIpc) is 2.68. The number of nitrogens with two attached hydrogens (primary N) is 1. The molecule has 7 heteroatoms. The van der Waals surface area contributed by atoms with E-state index in [-0.39, 0.29) is 29.7 Å². The van der Waals surface area contributed by atoms with E-state index in [1.807, 2.05) is 0 Å². The number of carbonyl (C=O) groups is 4. The first-order valence-corrected chi connectivity index (χ1v) is 6.39. The molecule has 21 heavy (non-hydrogen) atoms. The van der Waals surface area contributed by atoms with Crippen LogP contribution in [0.3, 0.4) is 0 Å². The smallest absolute Gasteiger partial charge is 0.339 e. The molecule has 1 atom stereocenters. The number of esters is 2. The van der Waals surface area contributed by atoms with Crippen LogP contribution in [0.1, 0.15) is 40.5 Å². The Morgan fingerprint density at radius 1 is 1.19 bits per heavy atom. The van der Waals surface area contributed by atoms with Gasteiger partial charge in [-0.05, 0) is 25.5 Å². The maximum Gasteiger partial charge on any atom is 0.339 e. The molecule has 2 aliphatic heterocycles. The second-order valence-corrected chi connectivity index (χ2v) is 5.25. The summed E-state index contributed by atoms with van der Waals surface area (Å²) in [6.07, 6.45) is 0.00116. The van der Waals surface area contributed by atoms with Crippen LogP contribution in [0.15, 0.2) is 18.2 Å². The lowest BCUT2D eigenvalue weighted by atomic mass is 9.91. The Kier molecular flexibility index (Phi) is 2.62. The highest BCUT2D eigenvalue weighted by Crippen LogP contribution is 2.36. The molecule has 2 N–H and O–H groups in total. The van der Waals surface area contributed by atoms with Gasteiger partial charge in [-0.1, -0.05) is 6.07 Å². The highest BCUT2D eigenvalue weighted by molar-refractivity contribution is 6.25. The molecule has 3 rings (SSSR count). The average molecular weight is 288 g/mol. The van der Waals surface area contributed by atoms with Crippen molar-refractivity contribution in [3.05, 3.63) is 29.3 Å². The number of fused-ring (bicyclic) bond motifs is 1. The summed E-state index contributed by atoms with van der Waals surface area (Å²) in [7, 11) is 0. The number of imide groups is 1. The van der Waals surface area contributed by atoms with E-state index in [0.717, 1.165) is 4.90 Å². The fraction of sp³-hybridized carbons (Fsp3) is 0.286. The van der Waals surface area contributed by atoms with Gasteiger partial charge in [0.1, 0.15) is 5.54 Å². The monoisotopic (exact) mass is 288 g/mol. The van der Waals surface area contributed by atoms with Crippen LogP contribution in [0, 0.1) is 0 Å². The van der Waals surface area contributed by atoms with Gasteiger partial charge in [0, 0.05) is 12.1 Å². The van der Waals surface area contributed by atoms with Gasteiger partial charge < -0.3 is 10.5 Å². The van der Waals surface area contributed by atoms with Gasteiger partial charge in [0.2, 0.25) is 0 Å². The number of nitrogens with zero attached hydrogens (tertiary/aromatic N) is 1. The van der Waals surface area contributed by atoms with Crippen molar-refractivity contribution in [3.63, 3.8) is 0 Å². The zero-order chi connectivity index (χ0) is 15.4. The molecule has 1 aromatic carbocycles. The van der Waals surface area contributed by atoms with Crippen LogP contribution in [-0.4, -0.2) is 34.2 Å². The first-order valence-electron chi connectivity index (χ1n) is 6.39. The van der Waals surface area contributed by atoms with Gasteiger partial charge in [-0.15, -0.1) is 0 Å². The van der Waals surface area contributed by atoms with Gasteiger partial charge in [-0.25, -0.2) is 4.79 Å². The lowest BCUT2D eigenvalue weighted by Crippen LogP contribution is -2.58. The lowest BCUT2D eigenvalue weighted by molar-refractivity contribution is -0.172. The third-order valence-electron chi connectivity index (χ3n) is 3.90. The van der Waals surface area contributed by atoms with Crippen LogP contribution in [0.2, 0.25) is 0 Å². The zero-order valence-electron chi connectivity index (χ0n) is 11.2. The van der Waals surface area contributed by atoms with Gasteiger partial charge in [-0.3, -0.25) is 19.3 Å². The number of hydrogen-bond donors (Lipinski definition) is 1. The van der Waals surface area contributed by atoms with Crippen molar-refractivity contribution in [2.24, 2.45) is 0 Å². The van der Waals surface area contributed by atoms with Crippen LogP contribution in [0.25, 0.3) is 0 Å². The second-order valence-electron chi connectivity index (χ2n) is 5.25. The maximum atomic E-state index is 12.5. The van der Waals surface area contributed by atoms with Gasteiger partial charge >= 0.3 is 11.9 Å². The number of carbonyl (C=O) groups excluding carboxylic acids is 4. The van der Waals surface area contributed by atoms with Crippen LogP contribution < -0.4 is 5.73 Å². The van der Waals surface area contributed by atoms with Crippen molar-refractivity contribution >= 4 is 29.4 Å². The normalized spacial score (nSPS) is 25.1. The molecule has 1 saturated heterocycles. The predicted octanol–water partition coefficient (Wildman–Crippen LogP) is 0.487. The Hall–Kier alpha value is -2.70. The lowest BCUT2D eigenvalue weighted by Gasteiger charge is -2.36. The minimum atomic E-state index is -1.49. The number of amides is 2. The second kappa shape index (κ2) is 4.15. The van der Waals surface area contributed by atoms with Crippen molar-refractivity contribution in [3.8, 4) is 0 Å². The van der Waals surface area contributed by atoms with Crippen molar-refractivity contribution in [1.29, 1.82) is 0 Å². The molecule has 1 unspecified atom stereocenters. The molecule has 1 aromatic rings. The van der Waals surface area contributed by atoms with Crippen molar-refractivity contribution in [2.45, 2.75) is 25.3 Å².